The van der Waals surface area contributed by atoms with Crippen molar-refractivity contribution in [1.29, 1.82) is 0 Å². The highest BCUT2D eigenvalue weighted by Gasteiger charge is 2.32. The van der Waals surface area contributed by atoms with Crippen LogP contribution in [0.25, 0.3) is 0 Å². The Balaban J connectivity index is 3.07. The molecule has 7 heteroatoms. The van der Waals surface area contributed by atoms with E-state index in [0.29, 0.717) is 6.07 Å². The van der Waals surface area contributed by atoms with E-state index < -0.39 is 23.0 Å². The Bertz CT molecular complexity index is 497. The first-order valence-corrected chi connectivity index (χ1v) is 5.70. The Morgan fingerprint density at radius 3 is 2.44 bits per heavy atom. The molecule has 0 aliphatic rings. The van der Waals surface area contributed by atoms with Crippen LogP contribution in [0.4, 0.5) is 14.5 Å². The molecule has 0 atom stereocenters. The Morgan fingerprint density at radius 1 is 1.44 bits per heavy atom. The second-order valence-corrected chi connectivity index (χ2v) is 5.03. The predicted molar refractivity (Wildman–Crippen MR) is 70.6 cm³/mol. The van der Waals surface area contributed by atoms with Crippen LogP contribution in [0.15, 0.2) is 12.1 Å². The molecule has 0 aromatic heterocycles. The van der Waals surface area contributed by atoms with Gasteiger partial charge in [0.25, 0.3) is 0 Å². The van der Waals surface area contributed by atoms with Gasteiger partial charge in [-0.3, -0.25) is 4.79 Å². The molecule has 0 saturated heterocycles. The quantitative estimate of drug-likeness (QED) is 0.842. The Morgan fingerprint density at radius 2 is 2.00 bits per heavy atom. The number of nitrogens with two attached hydrogens (primary N) is 1. The summed E-state index contributed by atoms with van der Waals surface area (Å²) in [6, 6.07) is 1.52. The van der Waals surface area contributed by atoms with Gasteiger partial charge in [-0.1, -0.05) is 23.8 Å². The summed E-state index contributed by atoms with van der Waals surface area (Å²) < 4.78 is 26.3. The highest BCUT2D eigenvalue weighted by Crippen LogP contribution is 2.28. The number of benzene rings is 1. The molecule has 0 spiro atoms. The fraction of sp³-hybridized carbons (Fsp3) is 0.273. The fourth-order valence-corrected chi connectivity index (χ4v) is 1.38. The first kappa shape index (κ1) is 14.8. The molecule has 0 unspecified atom stereocenters. The normalized spacial score (nSPS) is 11.2. The van der Waals surface area contributed by atoms with Crippen LogP contribution in [0.5, 0.6) is 0 Å². The van der Waals surface area contributed by atoms with Crippen molar-refractivity contribution in [2.24, 2.45) is 11.1 Å². The van der Waals surface area contributed by atoms with E-state index in [2.05, 4.69) is 5.32 Å². The van der Waals surface area contributed by atoms with E-state index in [1.54, 1.807) is 0 Å². The Labute approximate surface area is 113 Å². The van der Waals surface area contributed by atoms with Crippen LogP contribution in [-0.4, -0.2) is 10.9 Å². The van der Waals surface area contributed by atoms with E-state index in [1.807, 2.05) is 0 Å². The lowest BCUT2D eigenvalue weighted by Crippen LogP contribution is -2.41. The van der Waals surface area contributed by atoms with Crippen LogP contribution in [0.3, 0.4) is 0 Å². The number of carbonyl (C=O) groups is 1. The standard InChI is InChI=1S/C11H11ClF2N2OS/c1-11(2,9(15)18)10(17)16-8-6(12)3-5(13)4-7(8)14/h3-4H,1-2H3,(H2,15,18)(H,16,17). The van der Waals surface area contributed by atoms with E-state index in [0.717, 1.165) is 6.07 Å². The van der Waals surface area contributed by atoms with Crippen molar-refractivity contribution in [3.63, 3.8) is 0 Å². The van der Waals surface area contributed by atoms with Gasteiger partial charge in [0.15, 0.2) is 5.82 Å². The smallest absolute Gasteiger partial charge is 0.236 e. The van der Waals surface area contributed by atoms with Gasteiger partial charge in [-0.15, -0.1) is 0 Å². The molecule has 1 amide bonds. The highest BCUT2D eigenvalue weighted by atomic mass is 35.5. The topological polar surface area (TPSA) is 55.1 Å². The fourth-order valence-electron chi connectivity index (χ4n) is 1.04. The molecule has 18 heavy (non-hydrogen) atoms. The van der Waals surface area contributed by atoms with Crippen molar-refractivity contribution in [3.05, 3.63) is 28.8 Å². The van der Waals surface area contributed by atoms with Gasteiger partial charge in [0.05, 0.1) is 21.1 Å². The van der Waals surface area contributed by atoms with Crippen LogP contribution in [-0.2, 0) is 4.79 Å². The van der Waals surface area contributed by atoms with Gasteiger partial charge in [0, 0.05) is 6.07 Å². The zero-order chi connectivity index (χ0) is 14.1. The number of halogens is 3. The monoisotopic (exact) mass is 292 g/mol. The summed E-state index contributed by atoms with van der Waals surface area (Å²) in [5, 5.41) is 2.01. The summed E-state index contributed by atoms with van der Waals surface area (Å²) in [6.07, 6.45) is 0. The van der Waals surface area contributed by atoms with E-state index in [4.69, 9.17) is 29.6 Å². The number of amides is 1. The summed E-state index contributed by atoms with van der Waals surface area (Å²) in [6.45, 7) is 2.97. The van der Waals surface area contributed by atoms with Crippen molar-refractivity contribution in [3.8, 4) is 0 Å². The molecule has 3 N–H and O–H groups in total. The molecular formula is C11H11ClF2N2OS. The molecule has 1 rings (SSSR count). The molecule has 3 nitrogen and oxygen atoms in total. The first-order chi connectivity index (χ1) is 8.16. The third-order valence-electron chi connectivity index (χ3n) is 2.43. The maximum Gasteiger partial charge on any atom is 0.236 e. The molecular weight excluding hydrogens is 282 g/mol. The minimum Gasteiger partial charge on any atom is -0.392 e. The van der Waals surface area contributed by atoms with Gasteiger partial charge in [0.1, 0.15) is 5.82 Å². The van der Waals surface area contributed by atoms with Crippen molar-refractivity contribution in [2.45, 2.75) is 13.8 Å². The van der Waals surface area contributed by atoms with Crippen molar-refractivity contribution in [1.82, 2.24) is 0 Å². The van der Waals surface area contributed by atoms with Crippen LogP contribution < -0.4 is 11.1 Å². The summed E-state index contributed by atoms with van der Waals surface area (Å²) >= 11 is 10.4. The summed E-state index contributed by atoms with van der Waals surface area (Å²) in [5.41, 5.74) is 3.94. The molecule has 98 valence electrons. The molecule has 0 fully saturated rings. The molecule has 1 aromatic rings. The highest BCUT2D eigenvalue weighted by molar-refractivity contribution is 7.80. The lowest BCUT2D eigenvalue weighted by atomic mass is 9.92. The Hall–Kier alpha value is -1.27. The summed E-state index contributed by atoms with van der Waals surface area (Å²) in [5.74, 6) is -2.42. The number of nitrogens with one attached hydrogen (secondary N) is 1. The summed E-state index contributed by atoms with van der Waals surface area (Å²) in [4.78, 5) is 11.8. The molecule has 0 saturated carbocycles. The van der Waals surface area contributed by atoms with E-state index in [9.17, 15) is 13.6 Å². The number of thiocarbonyl (C=S) groups is 1. The number of hydrogen-bond donors (Lipinski definition) is 2. The van der Waals surface area contributed by atoms with Gasteiger partial charge in [-0.05, 0) is 19.9 Å². The average molecular weight is 293 g/mol. The maximum atomic E-state index is 13.5. The zero-order valence-electron chi connectivity index (χ0n) is 9.68. The minimum atomic E-state index is -1.17. The van der Waals surface area contributed by atoms with Crippen LogP contribution in [0.1, 0.15) is 13.8 Å². The van der Waals surface area contributed by atoms with Crippen LogP contribution >= 0.6 is 23.8 Å². The number of carbonyl (C=O) groups excluding carboxylic acids is 1. The van der Waals surface area contributed by atoms with Crippen molar-refractivity contribution >= 4 is 40.4 Å². The van der Waals surface area contributed by atoms with Gasteiger partial charge in [-0.2, -0.15) is 0 Å². The molecule has 0 heterocycles. The third-order valence-corrected chi connectivity index (χ3v) is 3.24. The van der Waals surface area contributed by atoms with E-state index >= 15 is 0 Å². The SMILES string of the molecule is CC(C)(C(=O)Nc1c(F)cc(F)cc1Cl)C(N)=S. The number of rotatable bonds is 3. The second-order valence-electron chi connectivity index (χ2n) is 4.19. The Kier molecular flexibility index (Phi) is 4.24. The van der Waals surface area contributed by atoms with Gasteiger partial charge < -0.3 is 11.1 Å². The molecule has 0 bridgehead atoms. The number of anilines is 1. The molecule has 0 aliphatic heterocycles. The molecule has 1 aromatic carbocycles. The molecule has 0 radical (unpaired) electrons. The molecule has 0 aliphatic carbocycles. The van der Waals surface area contributed by atoms with E-state index in [-0.39, 0.29) is 15.7 Å². The van der Waals surface area contributed by atoms with Gasteiger partial charge in [0.2, 0.25) is 5.91 Å². The van der Waals surface area contributed by atoms with E-state index in [1.165, 1.54) is 13.8 Å². The largest absolute Gasteiger partial charge is 0.392 e. The van der Waals surface area contributed by atoms with Crippen LogP contribution in [0.2, 0.25) is 5.02 Å². The number of hydrogen-bond acceptors (Lipinski definition) is 2. The second kappa shape index (κ2) is 5.16. The van der Waals surface area contributed by atoms with Crippen LogP contribution in [0, 0.1) is 17.0 Å². The van der Waals surface area contributed by atoms with Crippen molar-refractivity contribution < 1.29 is 13.6 Å². The lowest BCUT2D eigenvalue weighted by molar-refractivity contribution is -0.121. The summed E-state index contributed by atoms with van der Waals surface area (Å²) in [7, 11) is 0. The maximum absolute atomic E-state index is 13.5. The predicted octanol–water partition coefficient (Wildman–Crippen LogP) is 2.87. The zero-order valence-corrected chi connectivity index (χ0v) is 11.3. The minimum absolute atomic E-state index is 0.0429. The lowest BCUT2D eigenvalue weighted by Gasteiger charge is -2.22. The average Bonchev–Trinajstić information content (AvgIpc) is 2.22. The van der Waals surface area contributed by atoms with Crippen molar-refractivity contribution in [2.75, 3.05) is 5.32 Å². The van der Waals surface area contributed by atoms with Gasteiger partial charge >= 0.3 is 0 Å². The van der Waals surface area contributed by atoms with Gasteiger partial charge in [-0.25, -0.2) is 8.78 Å². The third kappa shape index (κ3) is 2.94. The first-order valence-electron chi connectivity index (χ1n) is 4.92.